The number of hydrogen-bond donors (Lipinski definition) is 0. The van der Waals surface area contributed by atoms with Crippen LogP contribution >= 0.6 is 0 Å². The van der Waals surface area contributed by atoms with E-state index in [2.05, 4.69) is 0 Å². The van der Waals surface area contributed by atoms with E-state index in [1.807, 2.05) is 0 Å². The van der Waals surface area contributed by atoms with Crippen LogP contribution in [0.3, 0.4) is 0 Å². The van der Waals surface area contributed by atoms with E-state index < -0.39 is 28.8 Å². The molecule has 0 bridgehead atoms. The summed E-state index contributed by atoms with van der Waals surface area (Å²) in [5.74, 6) is -3.90. The second-order valence-corrected chi connectivity index (χ2v) is 4.48. The van der Waals surface area contributed by atoms with Gasteiger partial charge in [0.2, 0.25) is 0 Å². The Morgan fingerprint density at radius 1 is 0.950 bits per heavy atom. The molecule has 104 valence electrons. The van der Waals surface area contributed by atoms with E-state index in [9.17, 15) is 17.6 Å². The highest BCUT2D eigenvalue weighted by Gasteiger charge is 2.22. The molecule has 0 N–H and O–H groups in total. The second-order valence-electron chi connectivity index (χ2n) is 4.48. The highest BCUT2D eigenvalue weighted by atomic mass is 19.1. The molecule has 2 aromatic carbocycles. The molecule has 1 nitrogen and oxygen atoms in total. The van der Waals surface area contributed by atoms with Crippen molar-refractivity contribution >= 4 is 13.3 Å². The summed E-state index contributed by atoms with van der Waals surface area (Å²) in [7, 11) is 2.71. The Bertz CT molecular complexity index is 686. The van der Waals surface area contributed by atoms with Gasteiger partial charge in [-0.15, -0.1) is 0 Å². The van der Waals surface area contributed by atoms with Crippen molar-refractivity contribution in [3.05, 3.63) is 47.0 Å². The Labute approximate surface area is 114 Å². The van der Waals surface area contributed by atoms with Gasteiger partial charge in [0.15, 0.2) is 5.82 Å². The van der Waals surface area contributed by atoms with Crippen LogP contribution < -0.4 is 10.2 Å². The summed E-state index contributed by atoms with van der Waals surface area (Å²) < 4.78 is 60.1. The molecular weight excluding hydrogens is 271 g/mol. The van der Waals surface area contributed by atoms with Gasteiger partial charge in [0.05, 0.1) is 12.7 Å². The highest BCUT2D eigenvalue weighted by molar-refractivity contribution is 6.34. The second kappa shape index (κ2) is 5.19. The lowest BCUT2D eigenvalue weighted by molar-refractivity contribution is 0.389. The summed E-state index contributed by atoms with van der Waals surface area (Å²) in [6.07, 6.45) is 0. The third-order valence-electron chi connectivity index (χ3n) is 3.08. The summed E-state index contributed by atoms with van der Waals surface area (Å²) in [6, 6.07) is 2.73. The van der Waals surface area contributed by atoms with E-state index in [4.69, 9.17) is 4.74 Å². The monoisotopic (exact) mass is 282 g/mol. The van der Waals surface area contributed by atoms with Gasteiger partial charge in [0.1, 0.15) is 31.0 Å². The van der Waals surface area contributed by atoms with Gasteiger partial charge >= 0.3 is 0 Å². The van der Waals surface area contributed by atoms with Crippen molar-refractivity contribution in [3.8, 4) is 16.9 Å². The van der Waals surface area contributed by atoms with Gasteiger partial charge in [-0.25, -0.2) is 17.6 Å². The van der Waals surface area contributed by atoms with Crippen molar-refractivity contribution < 1.29 is 22.3 Å². The van der Waals surface area contributed by atoms with Crippen molar-refractivity contribution in [2.24, 2.45) is 0 Å². The van der Waals surface area contributed by atoms with Crippen molar-refractivity contribution in [1.82, 2.24) is 0 Å². The van der Waals surface area contributed by atoms with Gasteiger partial charge in [-0.3, -0.25) is 0 Å². The molecule has 2 rings (SSSR count). The Morgan fingerprint density at radius 3 is 2.20 bits per heavy atom. The summed E-state index contributed by atoms with van der Waals surface area (Å²) in [5, 5.41) is 0. The average molecular weight is 282 g/mol. The lowest BCUT2D eigenvalue weighted by atomic mass is 9.90. The number of ether oxygens (including phenoxy) is 1. The third-order valence-corrected chi connectivity index (χ3v) is 3.08. The van der Waals surface area contributed by atoms with Gasteiger partial charge in [-0.05, 0) is 30.1 Å². The van der Waals surface area contributed by atoms with Crippen LogP contribution in [0.2, 0.25) is 0 Å². The van der Waals surface area contributed by atoms with E-state index in [1.165, 1.54) is 21.9 Å². The van der Waals surface area contributed by atoms with Crippen LogP contribution in [0.1, 0.15) is 5.56 Å². The van der Waals surface area contributed by atoms with Crippen LogP contribution in [0.25, 0.3) is 11.1 Å². The average Bonchev–Trinajstić information content (AvgIpc) is 2.35. The first-order chi connectivity index (χ1) is 9.36. The number of halogens is 4. The van der Waals surface area contributed by atoms with Crippen molar-refractivity contribution in [2.75, 3.05) is 7.11 Å². The van der Waals surface area contributed by atoms with E-state index >= 15 is 0 Å². The first-order valence-corrected chi connectivity index (χ1v) is 5.85. The molecule has 0 spiro atoms. The van der Waals surface area contributed by atoms with Gasteiger partial charge in [0, 0.05) is 11.6 Å². The molecule has 0 amide bonds. The highest BCUT2D eigenvalue weighted by Crippen LogP contribution is 2.33. The molecule has 0 aliphatic carbocycles. The van der Waals surface area contributed by atoms with E-state index in [-0.39, 0.29) is 22.3 Å². The fraction of sp³-hybridized carbons (Fsp3) is 0.143. The molecule has 0 unspecified atom stereocenters. The fourth-order valence-electron chi connectivity index (χ4n) is 2.07. The molecule has 0 radical (unpaired) electrons. The van der Waals surface area contributed by atoms with Gasteiger partial charge < -0.3 is 4.74 Å². The summed E-state index contributed by atoms with van der Waals surface area (Å²) >= 11 is 0. The van der Waals surface area contributed by atoms with Crippen molar-refractivity contribution in [2.45, 2.75) is 6.92 Å². The van der Waals surface area contributed by atoms with Crippen molar-refractivity contribution in [3.63, 3.8) is 0 Å². The molecule has 2 aromatic rings. The minimum Gasteiger partial charge on any atom is -0.494 e. The van der Waals surface area contributed by atoms with Crippen LogP contribution in [0.4, 0.5) is 17.6 Å². The maximum atomic E-state index is 14.3. The van der Waals surface area contributed by atoms with E-state index in [0.29, 0.717) is 6.07 Å². The zero-order chi connectivity index (χ0) is 15.0. The Balaban J connectivity index is 2.79. The van der Waals surface area contributed by atoms with E-state index in [1.54, 1.807) is 0 Å². The number of aryl methyl sites for hydroxylation is 1. The molecule has 0 aliphatic rings. The minimum absolute atomic E-state index is 0.0970. The van der Waals surface area contributed by atoms with Crippen LogP contribution in [0.5, 0.6) is 5.75 Å². The van der Waals surface area contributed by atoms with Crippen molar-refractivity contribution in [1.29, 1.82) is 0 Å². The molecule has 0 saturated heterocycles. The first kappa shape index (κ1) is 14.4. The topological polar surface area (TPSA) is 9.23 Å². The number of methoxy groups -OCH3 is 1. The molecule has 0 heterocycles. The number of hydrogen-bond acceptors (Lipinski definition) is 1. The molecule has 6 heteroatoms. The molecule has 0 aromatic heterocycles. The molecule has 20 heavy (non-hydrogen) atoms. The lowest BCUT2D eigenvalue weighted by Gasteiger charge is -2.13. The van der Waals surface area contributed by atoms with Gasteiger partial charge in [0.25, 0.3) is 0 Å². The normalized spacial score (nSPS) is 10.7. The zero-order valence-electron chi connectivity index (χ0n) is 11.2. The Kier molecular flexibility index (Phi) is 3.75. The molecule has 0 aliphatic heterocycles. The van der Waals surface area contributed by atoms with Gasteiger partial charge in [-0.2, -0.15) is 0 Å². The van der Waals surface area contributed by atoms with Crippen LogP contribution in [0, 0.1) is 30.2 Å². The first-order valence-electron chi connectivity index (χ1n) is 5.85. The molecule has 0 fully saturated rings. The van der Waals surface area contributed by atoms with Crippen LogP contribution in [-0.2, 0) is 0 Å². The maximum Gasteiger partial charge on any atom is 0.175 e. The number of benzene rings is 2. The SMILES string of the molecule is Bc1cc(F)c(-c2cc(C)c(F)cc2F)c(F)c1OC. The van der Waals surface area contributed by atoms with Crippen LogP contribution in [-0.4, -0.2) is 15.0 Å². The Hall–Kier alpha value is -1.98. The standard InChI is InChI=1S/C14H11BF4O/c1-6-3-7(10(17)5-9(6)16)12-11(18)4-8(15)14(20-2)13(12)19/h3-5H,15H2,1-2H3. The van der Waals surface area contributed by atoms with E-state index in [0.717, 1.165) is 12.1 Å². The Morgan fingerprint density at radius 2 is 1.60 bits per heavy atom. The zero-order valence-corrected chi connectivity index (χ0v) is 11.2. The molecule has 0 saturated carbocycles. The van der Waals surface area contributed by atoms with Crippen LogP contribution in [0.15, 0.2) is 18.2 Å². The smallest absolute Gasteiger partial charge is 0.175 e. The fourth-order valence-corrected chi connectivity index (χ4v) is 2.07. The summed E-state index contributed by atoms with van der Waals surface area (Å²) in [6.45, 7) is 1.39. The maximum absolute atomic E-state index is 14.3. The third kappa shape index (κ3) is 2.26. The van der Waals surface area contributed by atoms with Gasteiger partial charge in [-0.1, -0.05) is 0 Å². The summed E-state index contributed by atoms with van der Waals surface area (Å²) in [5.41, 5.74) is -0.546. The molecule has 0 atom stereocenters. The predicted octanol–water partition coefficient (Wildman–Crippen LogP) is 2.49. The predicted molar refractivity (Wildman–Crippen MR) is 71.2 cm³/mol. The molecular formula is C14H11BF4O. The number of rotatable bonds is 2. The minimum atomic E-state index is -1.03. The summed E-state index contributed by atoms with van der Waals surface area (Å²) in [4.78, 5) is 0. The largest absolute Gasteiger partial charge is 0.494 e. The quantitative estimate of drug-likeness (QED) is 0.607. The lowest BCUT2D eigenvalue weighted by Crippen LogP contribution is -2.12.